The van der Waals surface area contributed by atoms with E-state index in [2.05, 4.69) is 48.6 Å². The van der Waals surface area contributed by atoms with E-state index in [-0.39, 0.29) is 30.5 Å². The zero-order chi connectivity index (χ0) is 20.8. The summed E-state index contributed by atoms with van der Waals surface area (Å²) in [5, 5.41) is 0. The lowest BCUT2D eigenvalue weighted by Gasteiger charge is -2.36. The van der Waals surface area contributed by atoms with Gasteiger partial charge in [0, 0.05) is 20.2 Å². The largest absolute Gasteiger partial charge is 0.361 e. The van der Waals surface area contributed by atoms with E-state index in [4.69, 9.17) is 4.74 Å². The number of allylic oxidation sites excluding steroid dienone is 1. The zero-order valence-corrected chi connectivity index (χ0v) is 17.2. The Kier molecular flexibility index (Phi) is 4.63. The standard InChI is InChI=1S/C16H17N2O3.C9H8/c1-17-8-12(19)18-11-7-9-5-3-4-6-10(9)13(11)15(21-2)14(18)16(17)20;1-2-5-9-7-3-6-8(9)4-1/h3-6,11,14-15H,7-8H2,1-2H3;1-6H,7H2/q+1;/t11-,14-,15-;/m0./s1. The van der Waals surface area contributed by atoms with Crippen LogP contribution in [-0.2, 0) is 27.2 Å². The first-order valence-corrected chi connectivity index (χ1v) is 10.4. The Labute approximate surface area is 176 Å². The van der Waals surface area contributed by atoms with Gasteiger partial charge in [0.25, 0.3) is 0 Å². The molecule has 2 heterocycles. The molecule has 5 heteroatoms. The van der Waals surface area contributed by atoms with Gasteiger partial charge < -0.3 is 14.5 Å². The second-order valence-electron chi connectivity index (χ2n) is 8.23. The van der Waals surface area contributed by atoms with Crippen molar-refractivity contribution >= 4 is 17.9 Å². The van der Waals surface area contributed by atoms with Crippen LogP contribution < -0.4 is 0 Å². The molecule has 6 rings (SSSR count). The molecular weight excluding hydrogens is 376 g/mol. The molecule has 2 aromatic carbocycles. The number of hydrogen-bond acceptors (Lipinski definition) is 3. The van der Waals surface area contributed by atoms with Crippen LogP contribution in [0.1, 0.15) is 22.3 Å². The van der Waals surface area contributed by atoms with Crippen molar-refractivity contribution < 1.29 is 14.3 Å². The van der Waals surface area contributed by atoms with Crippen LogP contribution in [-0.4, -0.2) is 60.5 Å². The Bertz CT molecular complexity index is 1030. The minimum absolute atomic E-state index is 0.0111. The summed E-state index contributed by atoms with van der Waals surface area (Å²) in [5.41, 5.74) is 5.22. The number of amides is 2. The quantitative estimate of drug-likeness (QED) is 0.690. The van der Waals surface area contributed by atoms with Crippen molar-refractivity contribution in [3.05, 3.63) is 82.8 Å². The molecule has 2 amide bonds. The van der Waals surface area contributed by atoms with Crippen molar-refractivity contribution in [2.45, 2.75) is 31.0 Å². The van der Waals surface area contributed by atoms with E-state index in [9.17, 15) is 9.59 Å². The van der Waals surface area contributed by atoms with Gasteiger partial charge in [0.2, 0.25) is 11.8 Å². The first-order chi connectivity index (χ1) is 14.6. The number of likely N-dealkylation sites (N-methyl/N-ethyl adjacent to an activating group) is 1. The van der Waals surface area contributed by atoms with E-state index < -0.39 is 6.04 Å². The molecule has 0 N–H and O–H groups in total. The van der Waals surface area contributed by atoms with Crippen LogP contribution in [0.25, 0.3) is 6.08 Å². The van der Waals surface area contributed by atoms with E-state index in [1.807, 2.05) is 12.1 Å². The van der Waals surface area contributed by atoms with Crippen LogP contribution in [0.3, 0.4) is 0 Å². The number of nitrogens with zero attached hydrogens (tertiary/aromatic N) is 2. The molecule has 2 aromatic rings. The highest BCUT2D eigenvalue weighted by molar-refractivity contribution is 5.97. The van der Waals surface area contributed by atoms with Gasteiger partial charge in [-0.05, 0) is 35.7 Å². The number of piperazine rings is 1. The van der Waals surface area contributed by atoms with Crippen molar-refractivity contribution in [3.8, 4) is 0 Å². The Hall–Kier alpha value is -3.05. The van der Waals surface area contributed by atoms with Gasteiger partial charge in [0.15, 0.2) is 12.1 Å². The molecular formula is C25H25N2O3+. The first-order valence-electron chi connectivity index (χ1n) is 10.4. The van der Waals surface area contributed by atoms with Crippen LogP contribution in [0, 0.1) is 5.92 Å². The topological polar surface area (TPSA) is 49.9 Å². The molecule has 3 atom stereocenters. The molecule has 2 saturated heterocycles. The Morgan fingerprint density at radius 2 is 1.77 bits per heavy atom. The molecule has 152 valence electrons. The van der Waals surface area contributed by atoms with E-state index in [1.165, 1.54) is 21.6 Å². The summed E-state index contributed by atoms with van der Waals surface area (Å²) < 4.78 is 5.64. The molecule has 30 heavy (non-hydrogen) atoms. The highest BCUT2D eigenvalue weighted by Crippen LogP contribution is 2.47. The number of fused-ring (bicyclic) bond motifs is 6. The van der Waals surface area contributed by atoms with Crippen molar-refractivity contribution in [3.63, 3.8) is 0 Å². The van der Waals surface area contributed by atoms with Gasteiger partial charge in [0.05, 0.1) is 24.4 Å². The summed E-state index contributed by atoms with van der Waals surface area (Å²) in [6.07, 6.45) is 5.94. The summed E-state index contributed by atoms with van der Waals surface area (Å²) in [6.45, 7) is 0.159. The lowest BCUT2D eigenvalue weighted by Crippen LogP contribution is -2.60. The normalized spacial score (nSPS) is 25.5. The highest BCUT2D eigenvalue weighted by atomic mass is 16.5. The second-order valence-corrected chi connectivity index (χ2v) is 8.23. The Morgan fingerprint density at radius 3 is 2.53 bits per heavy atom. The summed E-state index contributed by atoms with van der Waals surface area (Å²) in [4.78, 5) is 28.2. The monoisotopic (exact) mass is 401 g/mol. The van der Waals surface area contributed by atoms with Crippen LogP contribution in [0.4, 0.5) is 0 Å². The number of benzene rings is 2. The molecule has 4 aliphatic rings. The molecule has 2 fully saturated rings. The highest BCUT2D eigenvalue weighted by Gasteiger charge is 2.64. The number of carbonyl (C=O) groups excluding carboxylic acids is 2. The molecule has 0 saturated carbocycles. The molecule has 2 aliphatic heterocycles. The average Bonchev–Trinajstić information content (AvgIpc) is 3.44. The Balaban J connectivity index is 0.000000178. The third-order valence-corrected chi connectivity index (χ3v) is 6.56. The fourth-order valence-corrected chi connectivity index (χ4v) is 5.20. The minimum atomic E-state index is -0.505. The van der Waals surface area contributed by atoms with Crippen molar-refractivity contribution in [1.29, 1.82) is 0 Å². The number of methoxy groups -OCH3 is 1. The summed E-state index contributed by atoms with van der Waals surface area (Å²) in [5.74, 6) is 1.08. The van der Waals surface area contributed by atoms with Gasteiger partial charge in [-0.15, -0.1) is 0 Å². The van der Waals surface area contributed by atoms with Crippen LogP contribution >= 0.6 is 0 Å². The van der Waals surface area contributed by atoms with E-state index >= 15 is 0 Å². The summed E-state index contributed by atoms with van der Waals surface area (Å²) in [7, 11) is 3.29. The molecule has 0 unspecified atom stereocenters. The van der Waals surface area contributed by atoms with Gasteiger partial charge in [-0.1, -0.05) is 36.4 Å². The van der Waals surface area contributed by atoms with Gasteiger partial charge in [-0.25, -0.2) is 0 Å². The van der Waals surface area contributed by atoms with Gasteiger partial charge >= 0.3 is 0 Å². The average molecular weight is 401 g/mol. The van der Waals surface area contributed by atoms with Gasteiger partial charge in [-0.3, -0.25) is 9.59 Å². The maximum Gasteiger partial charge on any atom is 0.250 e. The van der Waals surface area contributed by atoms with Crippen LogP contribution in [0.2, 0.25) is 0 Å². The third kappa shape index (κ3) is 2.84. The van der Waals surface area contributed by atoms with Crippen molar-refractivity contribution in [1.82, 2.24) is 9.80 Å². The SMILES string of the molecule is C1=Cc2ccccc2C1.CO[C@H]1[C+]2c3ccccc3C[C@@H]2N2C(=O)CN(C)C(=O)[C@H]12. The molecule has 0 spiro atoms. The fraction of sp³-hybridized carbons (Fsp3) is 0.320. The van der Waals surface area contributed by atoms with Crippen molar-refractivity contribution in [2.75, 3.05) is 20.7 Å². The number of ether oxygens (including phenoxy) is 1. The number of carbonyl (C=O) groups is 2. The summed E-state index contributed by atoms with van der Waals surface area (Å²) >= 11 is 0. The smallest absolute Gasteiger partial charge is 0.250 e. The molecule has 2 aliphatic carbocycles. The lowest BCUT2D eigenvalue weighted by molar-refractivity contribution is -0.157. The number of hydrogen-bond donors (Lipinski definition) is 0. The van der Waals surface area contributed by atoms with Crippen LogP contribution in [0.5, 0.6) is 0 Å². The first kappa shape index (κ1) is 18.9. The minimum Gasteiger partial charge on any atom is -0.361 e. The Morgan fingerprint density at radius 1 is 1.03 bits per heavy atom. The molecule has 0 aromatic heterocycles. The fourth-order valence-electron chi connectivity index (χ4n) is 5.20. The van der Waals surface area contributed by atoms with Gasteiger partial charge in [-0.2, -0.15) is 0 Å². The second kappa shape index (κ2) is 7.33. The predicted octanol–water partition coefficient (Wildman–Crippen LogP) is 2.49. The molecule has 0 radical (unpaired) electrons. The third-order valence-electron chi connectivity index (χ3n) is 6.56. The molecule has 0 bridgehead atoms. The maximum absolute atomic E-state index is 12.5. The predicted molar refractivity (Wildman–Crippen MR) is 115 cm³/mol. The maximum atomic E-state index is 12.5. The number of rotatable bonds is 1. The van der Waals surface area contributed by atoms with E-state index in [0.717, 1.165) is 24.3 Å². The van der Waals surface area contributed by atoms with E-state index in [0.29, 0.717) is 0 Å². The van der Waals surface area contributed by atoms with Crippen molar-refractivity contribution in [2.24, 2.45) is 0 Å². The van der Waals surface area contributed by atoms with E-state index in [1.54, 1.807) is 19.1 Å². The zero-order valence-electron chi connectivity index (χ0n) is 17.2. The lowest BCUT2D eigenvalue weighted by atomic mass is 9.93. The van der Waals surface area contributed by atoms with Gasteiger partial charge in [0.1, 0.15) is 11.6 Å². The summed E-state index contributed by atoms with van der Waals surface area (Å²) in [6, 6.07) is 16.1. The molecule has 5 nitrogen and oxygen atoms in total. The van der Waals surface area contributed by atoms with Crippen LogP contribution in [0.15, 0.2) is 54.6 Å².